The second-order valence-corrected chi connectivity index (χ2v) is 6.91. The van der Waals surface area contributed by atoms with Crippen molar-refractivity contribution in [1.29, 1.82) is 0 Å². The third kappa shape index (κ3) is 4.14. The van der Waals surface area contributed by atoms with E-state index in [1.807, 2.05) is 32.8 Å². The monoisotopic (exact) mass is 305 g/mol. The van der Waals surface area contributed by atoms with Crippen LogP contribution in [0.25, 0.3) is 0 Å². The lowest BCUT2D eigenvalue weighted by molar-refractivity contribution is 0.271. The third-order valence-electron chi connectivity index (χ3n) is 2.74. The van der Waals surface area contributed by atoms with Gasteiger partial charge >= 0.3 is 0 Å². The summed E-state index contributed by atoms with van der Waals surface area (Å²) in [6, 6.07) is 2.86. The van der Waals surface area contributed by atoms with Gasteiger partial charge in [0.1, 0.15) is 10.0 Å². The van der Waals surface area contributed by atoms with Gasteiger partial charge in [-0.2, -0.15) is 4.31 Å². The van der Waals surface area contributed by atoms with Crippen LogP contribution < -0.4 is 0 Å². The Kier molecular flexibility index (Phi) is 5.73. The zero-order valence-electron chi connectivity index (χ0n) is 11.7. The van der Waals surface area contributed by atoms with Gasteiger partial charge in [-0.05, 0) is 33.2 Å². The van der Waals surface area contributed by atoms with Gasteiger partial charge in [0, 0.05) is 25.3 Å². The molecule has 5 nitrogen and oxygen atoms in total. The van der Waals surface area contributed by atoms with E-state index < -0.39 is 10.0 Å². The van der Waals surface area contributed by atoms with E-state index >= 15 is 0 Å². The molecule has 7 heteroatoms. The normalized spacial score (nSPS) is 14.1. The molecule has 0 aliphatic carbocycles. The number of rotatable bonds is 6. The van der Waals surface area contributed by atoms with Gasteiger partial charge in [0.15, 0.2) is 0 Å². The van der Waals surface area contributed by atoms with Crippen LogP contribution in [0.1, 0.15) is 13.8 Å². The number of sulfonamides is 1. The quantitative estimate of drug-likeness (QED) is 0.751. The summed E-state index contributed by atoms with van der Waals surface area (Å²) in [5.74, 6) is 0. The summed E-state index contributed by atoms with van der Waals surface area (Å²) in [6.07, 6.45) is 1.29. The Bertz CT molecular complexity index is 502. The summed E-state index contributed by atoms with van der Waals surface area (Å²) >= 11 is 5.68. The van der Waals surface area contributed by atoms with Gasteiger partial charge < -0.3 is 4.90 Å². The number of likely N-dealkylation sites (N-methyl/N-ethyl adjacent to an activating group) is 2. The highest BCUT2D eigenvalue weighted by atomic mass is 35.5. The maximum Gasteiger partial charge on any atom is 0.244 e. The highest BCUT2D eigenvalue weighted by Crippen LogP contribution is 2.18. The molecule has 0 aliphatic heterocycles. The van der Waals surface area contributed by atoms with Crippen molar-refractivity contribution in [3.63, 3.8) is 0 Å². The summed E-state index contributed by atoms with van der Waals surface area (Å²) in [7, 11) is 0.308. The maximum absolute atomic E-state index is 12.5. The second kappa shape index (κ2) is 6.65. The van der Waals surface area contributed by atoms with Crippen molar-refractivity contribution in [3.05, 3.63) is 23.5 Å². The molecule has 0 amide bonds. The van der Waals surface area contributed by atoms with Crippen molar-refractivity contribution in [2.24, 2.45) is 0 Å². The maximum atomic E-state index is 12.5. The lowest BCUT2D eigenvalue weighted by atomic mass is 10.3. The van der Waals surface area contributed by atoms with Crippen LogP contribution in [0.15, 0.2) is 23.2 Å². The van der Waals surface area contributed by atoms with Gasteiger partial charge in [-0.25, -0.2) is 13.4 Å². The van der Waals surface area contributed by atoms with E-state index in [0.717, 1.165) is 0 Å². The molecule has 0 N–H and O–H groups in total. The largest absolute Gasteiger partial charge is 0.308 e. The molecule has 0 bridgehead atoms. The van der Waals surface area contributed by atoms with Gasteiger partial charge in [0.05, 0.1) is 0 Å². The van der Waals surface area contributed by atoms with Gasteiger partial charge in [0.25, 0.3) is 0 Å². The molecule has 1 atom stereocenters. The number of hydrogen-bond donors (Lipinski definition) is 0. The zero-order chi connectivity index (χ0) is 14.6. The van der Waals surface area contributed by atoms with E-state index in [9.17, 15) is 8.42 Å². The number of aromatic nitrogens is 1. The minimum absolute atomic E-state index is 0.110. The molecule has 19 heavy (non-hydrogen) atoms. The molecule has 1 rings (SSSR count). The molecule has 108 valence electrons. The Morgan fingerprint density at radius 2 is 2.00 bits per heavy atom. The van der Waals surface area contributed by atoms with Crippen LogP contribution in [0.5, 0.6) is 0 Å². The number of halogens is 1. The molecular weight excluding hydrogens is 286 g/mol. The first kappa shape index (κ1) is 16.4. The van der Waals surface area contributed by atoms with Gasteiger partial charge in [-0.3, -0.25) is 0 Å². The zero-order valence-corrected chi connectivity index (χ0v) is 13.2. The molecule has 0 saturated heterocycles. The summed E-state index contributed by atoms with van der Waals surface area (Å²) in [6.45, 7) is 4.80. The standard InChI is InChI=1S/C12H20ClN3O2S/c1-5-16(10(2)9-15(3)4)19(17,18)11-6-7-12(13)14-8-11/h6-8,10H,5,9H2,1-4H3. The Labute approximate surface area is 120 Å². The summed E-state index contributed by atoms with van der Waals surface area (Å²) in [4.78, 5) is 5.96. The fourth-order valence-electron chi connectivity index (χ4n) is 1.99. The van der Waals surface area contributed by atoms with Crippen molar-refractivity contribution >= 4 is 21.6 Å². The smallest absolute Gasteiger partial charge is 0.244 e. The van der Waals surface area contributed by atoms with Gasteiger partial charge in [-0.15, -0.1) is 0 Å². The minimum atomic E-state index is -3.53. The highest BCUT2D eigenvalue weighted by molar-refractivity contribution is 7.89. The molecule has 1 heterocycles. The van der Waals surface area contributed by atoms with Crippen LogP contribution in [0.3, 0.4) is 0 Å². The Balaban J connectivity index is 3.05. The van der Waals surface area contributed by atoms with E-state index in [1.165, 1.54) is 22.6 Å². The topological polar surface area (TPSA) is 53.5 Å². The predicted octanol–water partition coefficient (Wildman–Crippen LogP) is 1.70. The molecule has 0 aromatic carbocycles. The van der Waals surface area contributed by atoms with Crippen molar-refractivity contribution in [3.8, 4) is 0 Å². The van der Waals surface area contributed by atoms with Crippen LogP contribution in [0.2, 0.25) is 5.15 Å². The van der Waals surface area contributed by atoms with E-state index in [-0.39, 0.29) is 16.1 Å². The summed E-state index contributed by atoms with van der Waals surface area (Å²) < 4.78 is 26.5. The molecule has 1 aromatic heterocycles. The molecule has 1 aromatic rings. The van der Waals surface area contributed by atoms with E-state index in [1.54, 1.807) is 0 Å². The van der Waals surface area contributed by atoms with E-state index in [4.69, 9.17) is 11.6 Å². The van der Waals surface area contributed by atoms with Crippen LogP contribution >= 0.6 is 11.6 Å². The molecule has 0 spiro atoms. The molecule has 0 aliphatic rings. The van der Waals surface area contributed by atoms with Gasteiger partial charge in [-0.1, -0.05) is 18.5 Å². The fraction of sp³-hybridized carbons (Fsp3) is 0.583. The fourth-order valence-corrected chi connectivity index (χ4v) is 3.68. The van der Waals surface area contributed by atoms with E-state index in [2.05, 4.69) is 4.98 Å². The predicted molar refractivity (Wildman–Crippen MR) is 76.8 cm³/mol. The van der Waals surface area contributed by atoms with Crippen molar-refractivity contribution in [1.82, 2.24) is 14.2 Å². The molecule has 0 fully saturated rings. The lowest BCUT2D eigenvalue weighted by Crippen LogP contribution is -2.43. The van der Waals surface area contributed by atoms with Crippen molar-refractivity contribution < 1.29 is 8.42 Å². The number of pyridine rings is 1. The summed E-state index contributed by atoms with van der Waals surface area (Å²) in [5.41, 5.74) is 0. The van der Waals surface area contributed by atoms with E-state index in [0.29, 0.717) is 13.1 Å². The second-order valence-electron chi connectivity index (χ2n) is 4.64. The Morgan fingerprint density at radius 3 is 2.42 bits per heavy atom. The van der Waals surface area contributed by atoms with Crippen LogP contribution in [0, 0.1) is 0 Å². The minimum Gasteiger partial charge on any atom is -0.308 e. The Morgan fingerprint density at radius 1 is 1.37 bits per heavy atom. The summed E-state index contributed by atoms with van der Waals surface area (Å²) in [5, 5.41) is 0.281. The molecular formula is C12H20ClN3O2S. The molecule has 0 radical (unpaired) electrons. The molecule has 0 saturated carbocycles. The molecule has 1 unspecified atom stereocenters. The third-order valence-corrected chi connectivity index (χ3v) is 5.04. The SMILES string of the molecule is CCN(C(C)CN(C)C)S(=O)(=O)c1ccc(Cl)nc1. The first-order valence-electron chi connectivity index (χ1n) is 6.07. The first-order valence-corrected chi connectivity index (χ1v) is 7.89. The van der Waals surface area contributed by atoms with Gasteiger partial charge in [0.2, 0.25) is 10.0 Å². The van der Waals surface area contributed by atoms with Crippen molar-refractivity contribution in [2.75, 3.05) is 27.2 Å². The highest BCUT2D eigenvalue weighted by Gasteiger charge is 2.28. The van der Waals surface area contributed by atoms with Crippen LogP contribution in [-0.4, -0.2) is 55.8 Å². The van der Waals surface area contributed by atoms with Crippen LogP contribution in [0.4, 0.5) is 0 Å². The van der Waals surface area contributed by atoms with Crippen molar-refractivity contribution in [2.45, 2.75) is 24.8 Å². The van der Waals surface area contributed by atoms with Crippen LogP contribution in [-0.2, 0) is 10.0 Å². The first-order chi connectivity index (χ1) is 8.78. The average molecular weight is 306 g/mol. The number of hydrogen-bond acceptors (Lipinski definition) is 4. The Hall–Kier alpha value is -0.690. The average Bonchev–Trinajstić information content (AvgIpc) is 2.28. The lowest BCUT2D eigenvalue weighted by Gasteiger charge is -2.29. The number of nitrogens with zero attached hydrogens (tertiary/aromatic N) is 3.